The highest BCUT2D eigenvalue weighted by Gasteiger charge is 2.21. The molecule has 7 heteroatoms. The summed E-state index contributed by atoms with van der Waals surface area (Å²) in [7, 11) is 0. The molecule has 0 atom stereocenters. The lowest BCUT2D eigenvalue weighted by atomic mass is 10.2. The van der Waals surface area contributed by atoms with Crippen LogP contribution in [0.2, 0.25) is 0 Å². The quantitative estimate of drug-likeness (QED) is 0.673. The van der Waals surface area contributed by atoms with E-state index in [4.69, 9.17) is 4.74 Å². The summed E-state index contributed by atoms with van der Waals surface area (Å²) in [5.41, 5.74) is 0.976. The van der Waals surface area contributed by atoms with Gasteiger partial charge in [0.25, 0.3) is 5.91 Å². The Kier molecular flexibility index (Phi) is 5.96. The number of halogens is 3. The molecule has 1 heterocycles. The second-order valence-corrected chi connectivity index (χ2v) is 7.48. The number of anilines is 1. The van der Waals surface area contributed by atoms with Gasteiger partial charge in [-0.15, -0.1) is 0 Å². The number of carbonyl (C=O) groups is 1. The molecule has 0 spiro atoms. The SMILES string of the molecule is O=C(COc1ccc(Br)cc1Br)N1CCN(c2ccc(F)cc2)CC1. The summed E-state index contributed by atoms with van der Waals surface area (Å²) in [6.45, 7) is 2.71. The van der Waals surface area contributed by atoms with Crippen molar-refractivity contribution in [1.29, 1.82) is 0 Å². The number of hydrogen-bond donors (Lipinski definition) is 0. The minimum absolute atomic E-state index is 0.0107. The monoisotopic (exact) mass is 470 g/mol. The fourth-order valence-electron chi connectivity index (χ4n) is 2.69. The van der Waals surface area contributed by atoms with Crippen LogP contribution in [0.25, 0.3) is 0 Å². The molecule has 0 N–H and O–H groups in total. The van der Waals surface area contributed by atoms with Gasteiger partial charge >= 0.3 is 0 Å². The van der Waals surface area contributed by atoms with E-state index in [0.717, 1.165) is 27.7 Å². The van der Waals surface area contributed by atoms with Crippen molar-refractivity contribution < 1.29 is 13.9 Å². The predicted octanol–water partition coefficient (Wildman–Crippen LogP) is 4.08. The molecule has 0 aromatic heterocycles. The fourth-order valence-corrected chi connectivity index (χ4v) is 3.85. The van der Waals surface area contributed by atoms with Crippen molar-refractivity contribution in [3.63, 3.8) is 0 Å². The normalized spacial score (nSPS) is 14.5. The lowest BCUT2D eigenvalue weighted by Crippen LogP contribution is -2.50. The second kappa shape index (κ2) is 8.19. The van der Waals surface area contributed by atoms with Gasteiger partial charge in [0, 0.05) is 36.3 Å². The number of amides is 1. The molecule has 2 aromatic carbocycles. The van der Waals surface area contributed by atoms with E-state index in [1.807, 2.05) is 18.2 Å². The maximum absolute atomic E-state index is 13.0. The summed E-state index contributed by atoms with van der Waals surface area (Å²) in [6.07, 6.45) is 0. The number of nitrogens with zero attached hydrogens (tertiary/aromatic N) is 2. The molecule has 4 nitrogen and oxygen atoms in total. The molecule has 2 aromatic rings. The van der Waals surface area contributed by atoms with Crippen LogP contribution >= 0.6 is 31.9 Å². The van der Waals surface area contributed by atoms with Crippen molar-refractivity contribution >= 4 is 43.5 Å². The smallest absolute Gasteiger partial charge is 0.260 e. The van der Waals surface area contributed by atoms with E-state index in [0.29, 0.717) is 18.8 Å². The van der Waals surface area contributed by atoms with Gasteiger partial charge in [-0.3, -0.25) is 4.79 Å². The van der Waals surface area contributed by atoms with Gasteiger partial charge in [0.15, 0.2) is 6.61 Å². The van der Waals surface area contributed by atoms with Crippen molar-refractivity contribution in [2.45, 2.75) is 0 Å². The highest BCUT2D eigenvalue weighted by Crippen LogP contribution is 2.28. The zero-order valence-corrected chi connectivity index (χ0v) is 16.6. The fraction of sp³-hybridized carbons (Fsp3) is 0.278. The third-order valence-corrected chi connectivity index (χ3v) is 5.18. The third kappa shape index (κ3) is 4.73. The van der Waals surface area contributed by atoms with Crippen LogP contribution < -0.4 is 9.64 Å². The first kappa shape index (κ1) is 18.2. The first-order valence-corrected chi connectivity index (χ1v) is 9.47. The van der Waals surface area contributed by atoms with Crippen LogP contribution in [-0.4, -0.2) is 43.6 Å². The summed E-state index contributed by atoms with van der Waals surface area (Å²) in [5, 5.41) is 0. The molecule has 0 radical (unpaired) electrons. The van der Waals surface area contributed by atoms with E-state index in [2.05, 4.69) is 36.8 Å². The first-order chi connectivity index (χ1) is 12.0. The molecular weight excluding hydrogens is 455 g/mol. The molecule has 1 saturated heterocycles. The van der Waals surface area contributed by atoms with Gasteiger partial charge < -0.3 is 14.5 Å². The van der Waals surface area contributed by atoms with Crippen LogP contribution in [0.15, 0.2) is 51.4 Å². The van der Waals surface area contributed by atoms with Crippen molar-refractivity contribution in [2.75, 3.05) is 37.7 Å². The van der Waals surface area contributed by atoms with Gasteiger partial charge in [0.1, 0.15) is 11.6 Å². The molecule has 132 valence electrons. The largest absolute Gasteiger partial charge is 0.483 e. The number of benzene rings is 2. The minimum Gasteiger partial charge on any atom is -0.483 e. The van der Waals surface area contributed by atoms with Crippen LogP contribution in [0.3, 0.4) is 0 Å². The van der Waals surface area contributed by atoms with Crippen LogP contribution in [0.5, 0.6) is 5.75 Å². The highest BCUT2D eigenvalue weighted by molar-refractivity contribution is 9.11. The van der Waals surface area contributed by atoms with Crippen molar-refractivity contribution in [1.82, 2.24) is 4.90 Å². The van der Waals surface area contributed by atoms with Crippen LogP contribution in [0, 0.1) is 5.82 Å². The maximum atomic E-state index is 13.0. The third-order valence-electron chi connectivity index (χ3n) is 4.07. The lowest BCUT2D eigenvalue weighted by molar-refractivity contribution is -0.133. The van der Waals surface area contributed by atoms with Crippen molar-refractivity contribution in [3.8, 4) is 5.75 Å². The molecule has 25 heavy (non-hydrogen) atoms. The van der Waals surface area contributed by atoms with Crippen LogP contribution in [0.4, 0.5) is 10.1 Å². The number of piperazine rings is 1. The molecule has 0 saturated carbocycles. The molecule has 1 aliphatic heterocycles. The zero-order valence-electron chi connectivity index (χ0n) is 13.4. The molecule has 1 amide bonds. The second-order valence-electron chi connectivity index (χ2n) is 5.71. The van der Waals surface area contributed by atoms with Crippen molar-refractivity contribution in [3.05, 3.63) is 57.2 Å². The Morgan fingerprint density at radius 3 is 2.36 bits per heavy atom. The summed E-state index contributed by atoms with van der Waals surface area (Å²) in [6, 6.07) is 12.0. The van der Waals surface area contributed by atoms with E-state index in [1.165, 1.54) is 12.1 Å². The summed E-state index contributed by atoms with van der Waals surface area (Å²) < 4.78 is 20.4. The van der Waals surface area contributed by atoms with E-state index in [-0.39, 0.29) is 18.3 Å². The Bertz CT molecular complexity index is 747. The van der Waals surface area contributed by atoms with E-state index >= 15 is 0 Å². The molecule has 1 fully saturated rings. The van der Waals surface area contributed by atoms with Crippen LogP contribution in [0.1, 0.15) is 0 Å². The van der Waals surface area contributed by atoms with Crippen molar-refractivity contribution in [2.24, 2.45) is 0 Å². The standard InChI is InChI=1S/C18H17Br2FN2O2/c19-13-1-6-17(16(20)11-13)25-12-18(24)23-9-7-22(8-10-23)15-4-2-14(21)3-5-15/h1-6,11H,7-10,12H2. The Morgan fingerprint density at radius 1 is 1.04 bits per heavy atom. The molecule has 0 bridgehead atoms. The van der Waals surface area contributed by atoms with Gasteiger partial charge in [-0.05, 0) is 58.4 Å². The molecule has 3 rings (SSSR count). The number of rotatable bonds is 4. The van der Waals surface area contributed by atoms with Gasteiger partial charge in [-0.2, -0.15) is 0 Å². The Morgan fingerprint density at radius 2 is 1.72 bits per heavy atom. The Balaban J connectivity index is 1.50. The summed E-state index contributed by atoms with van der Waals surface area (Å²) in [4.78, 5) is 16.3. The molecule has 0 unspecified atom stereocenters. The van der Waals surface area contributed by atoms with Gasteiger partial charge in [0.05, 0.1) is 4.47 Å². The number of ether oxygens (including phenoxy) is 1. The molecular formula is C18H17Br2FN2O2. The number of hydrogen-bond acceptors (Lipinski definition) is 3. The lowest BCUT2D eigenvalue weighted by Gasteiger charge is -2.36. The highest BCUT2D eigenvalue weighted by atomic mass is 79.9. The average molecular weight is 472 g/mol. The first-order valence-electron chi connectivity index (χ1n) is 7.89. The number of carbonyl (C=O) groups excluding carboxylic acids is 1. The maximum Gasteiger partial charge on any atom is 0.260 e. The summed E-state index contributed by atoms with van der Waals surface area (Å²) in [5.74, 6) is 0.365. The molecule has 0 aliphatic carbocycles. The predicted molar refractivity (Wildman–Crippen MR) is 103 cm³/mol. The van der Waals surface area contributed by atoms with Crippen LogP contribution in [-0.2, 0) is 4.79 Å². The topological polar surface area (TPSA) is 32.8 Å². The van der Waals surface area contributed by atoms with Gasteiger partial charge in [0.2, 0.25) is 0 Å². The average Bonchev–Trinajstić information content (AvgIpc) is 2.61. The Labute approximate surface area is 162 Å². The zero-order chi connectivity index (χ0) is 17.8. The van der Waals surface area contributed by atoms with Gasteiger partial charge in [-0.1, -0.05) is 15.9 Å². The molecule has 1 aliphatic rings. The van der Waals surface area contributed by atoms with Gasteiger partial charge in [-0.25, -0.2) is 4.39 Å². The minimum atomic E-state index is -0.242. The van der Waals surface area contributed by atoms with E-state index in [9.17, 15) is 9.18 Å². The summed E-state index contributed by atoms with van der Waals surface area (Å²) >= 11 is 6.80. The Hall–Kier alpha value is -1.60. The van der Waals surface area contributed by atoms with E-state index in [1.54, 1.807) is 17.0 Å². The van der Waals surface area contributed by atoms with E-state index < -0.39 is 0 Å².